The van der Waals surface area contributed by atoms with Gasteiger partial charge in [-0.05, 0) is 19.4 Å². The predicted octanol–water partition coefficient (Wildman–Crippen LogP) is 2.47. The lowest BCUT2D eigenvalue weighted by atomic mass is 10.3. The van der Waals surface area contributed by atoms with Crippen LogP contribution in [0.1, 0.15) is 25.5 Å². The van der Waals surface area contributed by atoms with Crippen molar-refractivity contribution in [2.45, 2.75) is 26.7 Å². The third-order valence-corrected chi connectivity index (χ3v) is 1.78. The summed E-state index contributed by atoms with van der Waals surface area (Å²) in [6, 6.07) is 1.77. The van der Waals surface area contributed by atoms with E-state index in [-0.39, 0.29) is 0 Å². The largest absolute Gasteiger partial charge is 0.397 e. The lowest BCUT2D eigenvalue weighted by Gasteiger charge is -2.01. The first kappa shape index (κ1) is 9.71. The van der Waals surface area contributed by atoms with Crippen molar-refractivity contribution < 1.29 is 0 Å². The number of nitrogens with zero attached hydrogens (tertiary/aromatic N) is 2. The van der Waals surface area contributed by atoms with Crippen LogP contribution in [0.25, 0.3) is 0 Å². The van der Waals surface area contributed by atoms with Crippen molar-refractivity contribution in [2.75, 3.05) is 5.73 Å². The average Bonchev–Trinajstić information content (AvgIpc) is 2.10. The van der Waals surface area contributed by atoms with E-state index in [0.717, 1.165) is 24.2 Å². The Morgan fingerprint density at radius 1 is 1.62 bits per heavy atom. The standard InChI is InChI=1S/C10H15N3/c1-3-4-6-13-10-8(2)12-7-5-9(10)11/h5-7H,3-4H2,1-2H3,(H2,11,12). The van der Waals surface area contributed by atoms with E-state index in [1.54, 1.807) is 12.3 Å². The van der Waals surface area contributed by atoms with Gasteiger partial charge in [0.1, 0.15) is 5.69 Å². The van der Waals surface area contributed by atoms with Crippen LogP contribution in [0, 0.1) is 6.92 Å². The molecule has 0 aliphatic carbocycles. The molecule has 0 aromatic carbocycles. The first-order valence-electron chi connectivity index (χ1n) is 4.49. The van der Waals surface area contributed by atoms with Gasteiger partial charge in [-0.2, -0.15) is 0 Å². The summed E-state index contributed by atoms with van der Waals surface area (Å²) in [5, 5.41) is 0. The Bertz CT molecular complexity index is 285. The molecule has 0 unspecified atom stereocenters. The molecule has 0 aliphatic heterocycles. The topological polar surface area (TPSA) is 51.3 Å². The smallest absolute Gasteiger partial charge is 0.107 e. The van der Waals surface area contributed by atoms with Crippen LogP contribution in [-0.4, -0.2) is 11.2 Å². The van der Waals surface area contributed by atoms with E-state index in [9.17, 15) is 0 Å². The molecule has 1 rings (SSSR count). The van der Waals surface area contributed by atoms with Crippen LogP contribution < -0.4 is 5.73 Å². The third-order valence-electron chi connectivity index (χ3n) is 1.78. The fourth-order valence-electron chi connectivity index (χ4n) is 1.03. The zero-order valence-corrected chi connectivity index (χ0v) is 8.12. The second kappa shape index (κ2) is 4.60. The van der Waals surface area contributed by atoms with Crippen LogP contribution in [0.2, 0.25) is 0 Å². The highest BCUT2D eigenvalue weighted by Crippen LogP contribution is 2.23. The van der Waals surface area contributed by atoms with Gasteiger partial charge in [-0.15, -0.1) is 0 Å². The minimum Gasteiger partial charge on any atom is -0.397 e. The molecular weight excluding hydrogens is 162 g/mol. The second-order valence-electron chi connectivity index (χ2n) is 2.93. The zero-order valence-electron chi connectivity index (χ0n) is 8.12. The van der Waals surface area contributed by atoms with Crippen LogP contribution in [0.3, 0.4) is 0 Å². The van der Waals surface area contributed by atoms with Gasteiger partial charge in [0.2, 0.25) is 0 Å². The van der Waals surface area contributed by atoms with Crippen LogP contribution in [0.5, 0.6) is 0 Å². The molecule has 0 atom stereocenters. The molecule has 0 bridgehead atoms. The Morgan fingerprint density at radius 2 is 2.38 bits per heavy atom. The number of hydrogen-bond donors (Lipinski definition) is 1. The molecule has 0 amide bonds. The summed E-state index contributed by atoms with van der Waals surface area (Å²) in [5.41, 5.74) is 8.13. The lowest BCUT2D eigenvalue weighted by Crippen LogP contribution is -1.90. The number of aryl methyl sites for hydroxylation is 1. The molecule has 0 spiro atoms. The van der Waals surface area contributed by atoms with E-state index >= 15 is 0 Å². The molecule has 1 aromatic heterocycles. The summed E-state index contributed by atoms with van der Waals surface area (Å²) in [5.74, 6) is 0. The normalized spacial score (nSPS) is 10.9. The van der Waals surface area contributed by atoms with Crippen molar-refractivity contribution in [1.82, 2.24) is 4.98 Å². The Morgan fingerprint density at radius 3 is 3.00 bits per heavy atom. The predicted molar refractivity (Wildman–Crippen MR) is 56.4 cm³/mol. The summed E-state index contributed by atoms with van der Waals surface area (Å²) in [6.07, 6.45) is 5.67. The molecular formula is C10H15N3. The van der Waals surface area contributed by atoms with E-state index in [1.165, 1.54) is 0 Å². The minimum absolute atomic E-state index is 0.694. The monoisotopic (exact) mass is 177 g/mol. The first-order chi connectivity index (χ1) is 6.25. The third kappa shape index (κ3) is 2.54. The zero-order chi connectivity index (χ0) is 9.68. The van der Waals surface area contributed by atoms with Gasteiger partial charge in [0.05, 0.1) is 11.4 Å². The summed E-state index contributed by atoms with van der Waals surface area (Å²) in [6.45, 7) is 4.03. The van der Waals surface area contributed by atoms with Crippen molar-refractivity contribution >= 4 is 17.6 Å². The molecule has 70 valence electrons. The second-order valence-corrected chi connectivity index (χ2v) is 2.93. The SMILES string of the molecule is CCCC=Nc1c(N)ccnc1C. The number of aromatic nitrogens is 1. The molecule has 13 heavy (non-hydrogen) atoms. The molecule has 1 heterocycles. The fraction of sp³-hybridized carbons (Fsp3) is 0.400. The number of pyridine rings is 1. The van der Waals surface area contributed by atoms with Crippen LogP contribution in [0.15, 0.2) is 17.3 Å². The number of nitrogen functional groups attached to an aromatic ring is 1. The van der Waals surface area contributed by atoms with Crippen molar-refractivity contribution in [2.24, 2.45) is 4.99 Å². The van der Waals surface area contributed by atoms with E-state index in [1.807, 2.05) is 13.1 Å². The Hall–Kier alpha value is -1.38. The summed E-state index contributed by atoms with van der Waals surface area (Å²) >= 11 is 0. The average molecular weight is 177 g/mol. The molecule has 0 aliphatic rings. The Kier molecular flexibility index (Phi) is 3.43. The number of unbranched alkanes of at least 4 members (excludes halogenated alkanes) is 1. The van der Waals surface area contributed by atoms with Crippen molar-refractivity contribution in [3.8, 4) is 0 Å². The molecule has 3 nitrogen and oxygen atoms in total. The molecule has 1 aromatic rings. The molecule has 0 saturated heterocycles. The van der Waals surface area contributed by atoms with Crippen LogP contribution in [-0.2, 0) is 0 Å². The van der Waals surface area contributed by atoms with Crippen molar-refractivity contribution in [1.29, 1.82) is 0 Å². The number of anilines is 1. The number of rotatable bonds is 3. The van der Waals surface area contributed by atoms with Gasteiger partial charge in [0, 0.05) is 12.4 Å². The highest BCUT2D eigenvalue weighted by Gasteiger charge is 1.99. The van der Waals surface area contributed by atoms with Crippen LogP contribution in [0.4, 0.5) is 11.4 Å². The summed E-state index contributed by atoms with van der Waals surface area (Å²) < 4.78 is 0. The molecule has 0 radical (unpaired) electrons. The van der Waals surface area contributed by atoms with E-state index in [2.05, 4.69) is 16.9 Å². The van der Waals surface area contributed by atoms with Crippen molar-refractivity contribution in [3.05, 3.63) is 18.0 Å². The minimum atomic E-state index is 0.694. The van der Waals surface area contributed by atoms with Gasteiger partial charge < -0.3 is 5.73 Å². The molecule has 2 N–H and O–H groups in total. The maximum Gasteiger partial charge on any atom is 0.107 e. The molecule has 0 fully saturated rings. The quantitative estimate of drug-likeness (QED) is 0.721. The van der Waals surface area contributed by atoms with Gasteiger partial charge >= 0.3 is 0 Å². The summed E-state index contributed by atoms with van der Waals surface area (Å²) in [4.78, 5) is 8.41. The fourth-order valence-corrected chi connectivity index (χ4v) is 1.03. The van der Waals surface area contributed by atoms with Gasteiger partial charge in [0.15, 0.2) is 0 Å². The van der Waals surface area contributed by atoms with Gasteiger partial charge in [-0.1, -0.05) is 13.3 Å². The number of hydrogen-bond acceptors (Lipinski definition) is 3. The number of nitrogens with two attached hydrogens (primary N) is 1. The number of aliphatic imine (C=N–C) groups is 1. The van der Waals surface area contributed by atoms with Gasteiger partial charge in [0.25, 0.3) is 0 Å². The van der Waals surface area contributed by atoms with Crippen LogP contribution >= 0.6 is 0 Å². The lowest BCUT2D eigenvalue weighted by molar-refractivity contribution is 1.01. The maximum atomic E-state index is 5.75. The van der Waals surface area contributed by atoms with Gasteiger partial charge in [-0.3, -0.25) is 9.98 Å². The first-order valence-corrected chi connectivity index (χ1v) is 4.49. The molecule has 0 saturated carbocycles. The highest BCUT2D eigenvalue weighted by molar-refractivity contribution is 5.71. The summed E-state index contributed by atoms with van der Waals surface area (Å²) in [7, 11) is 0. The van der Waals surface area contributed by atoms with E-state index in [4.69, 9.17) is 5.73 Å². The molecule has 3 heteroatoms. The van der Waals surface area contributed by atoms with Gasteiger partial charge in [-0.25, -0.2) is 0 Å². The highest BCUT2D eigenvalue weighted by atomic mass is 14.8. The maximum absolute atomic E-state index is 5.75. The Labute approximate surface area is 78.7 Å². The van der Waals surface area contributed by atoms with Crippen molar-refractivity contribution in [3.63, 3.8) is 0 Å². The van der Waals surface area contributed by atoms with E-state index in [0.29, 0.717) is 5.69 Å². The Balaban J connectivity index is 2.87. The van der Waals surface area contributed by atoms with E-state index < -0.39 is 0 Å².